The minimum Gasteiger partial charge on any atom is -0.387 e. The van der Waals surface area contributed by atoms with Crippen molar-refractivity contribution in [2.75, 3.05) is 13.2 Å². The smallest absolute Gasteiger partial charge is 0.163 e. The molecule has 124 valence electrons. The Morgan fingerprint density at radius 3 is 2.64 bits per heavy atom. The van der Waals surface area contributed by atoms with Gasteiger partial charge in [0.2, 0.25) is 0 Å². The van der Waals surface area contributed by atoms with Crippen molar-refractivity contribution < 1.29 is 19.3 Å². The molecule has 1 N–H and O–H groups in total. The van der Waals surface area contributed by atoms with E-state index in [9.17, 15) is 5.11 Å². The van der Waals surface area contributed by atoms with Crippen molar-refractivity contribution in [2.45, 2.75) is 58.2 Å². The first-order valence-electron chi connectivity index (χ1n) is 7.94. The maximum Gasteiger partial charge on any atom is 0.163 e. The Hall–Kier alpha value is -0.940. The van der Waals surface area contributed by atoms with Crippen molar-refractivity contribution >= 4 is 0 Å². The summed E-state index contributed by atoms with van der Waals surface area (Å²) in [5.41, 5.74) is 0.249. The minimum absolute atomic E-state index is 0.242. The van der Waals surface area contributed by atoms with Gasteiger partial charge in [0.15, 0.2) is 5.79 Å². The van der Waals surface area contributed by atoms with Gasteiger partial charge in [0.25, 0.3) is 0 Å². The van der Waals surface area contributed by atoms with E-state index < -0.39 is 11.4 Å². The number of hydrogen-bond donors (Lipinski definition) is 1. The highest BCUT2D eigenvalue weighted by Gasteiger charge is 2.43. The lowest BCUT2D eigenvalue weighted by Gasteiger charge is -2.32. The summed E-state index contributed by atoms with van der Waals surface area (Å²) in [5, 5.41) is 10.7. The third-order valence-electron chi connectivity index (χ3n) is 3.98. The normalized spacial score (nSPS) is 24.9. The zero-order valence-corrected chi connectivity index (χ0v) is 14.0. The summed E-state index contributed by atoms with van der Waals surface area (Å²) < 4.78 is 17.1. The SMILES string of the molecule is CC(COCc1ccccc1)CC(C)(O)C1COC(C)(C)O1. The quantitative estimate of drug-likeness (QED) is 0.840. The van der Waals surface area contributed by atoms with Gasteiger partial charge < -0.3 is 19.3 Å². The van der Waals surface area contributed by atoms with Gasteiger partial charge in [-0.15, -0.1) is 0 Å². The first kappa shape index (κ1) is 17.4. The molecular formula is C18H28O4. The van der Waals surface area contributed by atoms with E-state index in [2.05, 4.69) is 6.92 Å². The first-order chi connectivity index (χ1) is 10.3. The van der Waals surface area contributed by atoms with Gasteiger partial charge in [-0.1, -0.05) is 37.3 Å². The van der Waals surface area contributed by atoms with Gasteiger partial charge in [-0.25, -0.2) is 0 Å². The maximum absolute atomic E-state index is 10.7. The third kappa shape index (κ3) is 5.06. The molecule has 0 aromatic heterocycles. The van der Waals surface area contributed by atoms with E-state index in [0.29, 0.717) is 26.2 Å². The molecule has 2 rings (SSSR count). The number of benzene rings is 1. The molecule has 3 unspecified atom stereocenters. The molecule has 1 aromatic carbocycles. The lowest BCUT2D eigenvalue weighted by molar-refractivity contribution is -0.170. The van der Waals surface area contributed by atoms with Gasteiger partial charge in [0.05, 0.1) is 18.8 Å². The highest BCUT2D eigenvalue weighted by Crippen LogP contribution is 2.32. The van der Waals surface area contributed by atoms with Crippen molar-refractivity contribution in [3.63, 3.8) is 0 Å². The number of ether oxygens (including phenoxy) is 3. The Kier molecular flexibility index (Phi) is 5.61. The van der Waals surface area contributed by atoms with Crippen molar-refractivity contribution in [1.29, 1.82) is 0 Å². The molecule has 3 atom stereocenters. The van der Waals surface area contributed by atoms with E-state index in [0.717, 1.165) is 5.56 Å². The molecule has 1 aromatic rings. The largest absolute Gasteiger partial charge is 0.387 e. The summed E-state index contributed by atoms with van der Waals surface area (Å²) in [6.45, 7) is 9.28. The molecule has 1 saturated heterocycles. The van der Waals surface area contributed by atoms with Gasteiger partial charge >= 0.3 is 0 Å². The van der Waals surface area contributed by atoms with E-state index in [-0.39, 0.29) is 12.0 Å². The average Bonchev–Trinajstić information content (AvgIpc) is 2.80. The molecular weight excluding hydrogens is 280 g/mol. The molecule has 22 heavy (non-hydrogen) atoms. The second kappa shape index (κ2) is 7.09. The number of hydrogen-bond acceptors (Lipinski definition) is 4. The van der Waals surface area contributed by atoms with Crippen molar-refractivity contribution in [3.05, 3.63) is 35.9 Å². The molecule has 0 spiro atoms. The number of aliphatic hydroxyl groups is 1. The maximum atomic E-state index is 10.7. The van der Waals surface area contributed by atoms with Gasteiger partial charge in [-0.05, 0) is 38.7 Å². The highest BCUT2D eigenvalue weighted by atomic mass is 16.7. The zero-order chi connectivity index (χ0) is 16.2. The lowest BCUT2D eigenvalue weighted by atomic mass is 9.89. The molecule has 1 heterocycles. The Bertz CT molecular complexity index is 455. The molecule has 0 bridgehead atoms. The molecule has 4 heteroatoms. The fourth-order valence-corrected chi connectivity index (χ4v) is 2.84. The summed E-state index contributed by atoms with van der Waals surface area (Å²) in [7, 11) is 0. The van der Waals surface area contributed by atoms with Gasteiger partial charge in [0, 0.05) is 6.61 Å². The van der Waals surface area contributed by atoms with Crippen LogP contribution in [0.2, 0.25) is 0 Å². The summed E-state index contributed by atoms with van der Waals surface area (Å²) in [4.78, 5) is 0. The summed E-state index contributed by atoms with van der Waals surface area (Å²) in [6.07, 6.45) is 0.324. The average molecular weight is 308 g/mol. The second-order valence-corrected chi connectivity index (χ2v) is 6.98. The van der Waals surface area contributed by atoms with Crippen LogP contribution in [-0.4, -0.2) is 35.8 Å². The minimum atomic E-state index is -0.913. The van der Waals surface area contributed by atoms with Crippen LogP contribution in [-0.2, 0) is 20.8 Å². The van der Waals surface area contributed by atoms with Crippen molar-refractivity contribution in [3.8, 4) is 0 Å². The monoisotopic (exact) mass is 308 g/mol. The predicted molar refractivity (Wildman–Crippen MR) is 85.4 cm³/mol. The summed E-state index contributed by atoms with van der Waals surface area (Å²) in [6, 6.07) is 10.1. The fraction of sp³-hybridized carbons (Fsp3) is 0.667. The van der Waals surface area contributed by atoms with Crippen LogP contribution in [0.25, 0.3) is 0 Å². The zero-order valence-electron chi connectivity index (χ0n) is 14.0. The van der Waals surface area contributed by atoms with Crippen LogP contribution >= 0.6 is 0 Å². The molecule has 1 aliphatic heterocycles. The molecule has 0 amide bonds. The molecule has 1 fully saturated rings. The fourth-order valence-electron chi connectivity index (χ4n) is 2.84. The van der Waals surface area contributed by atoms with E-state index in [1.54, 1.807) is 0 Å². The van der Waals surface area contributed by atoms with Gasteiger partial charge in [0.1, 0.15) is 6.10 Å². The van der Waals surface area contributed by atoms with Crippen LogP contribution in [0, 0.1) is 5.92 Å². The number of rotatable bonds is 7. The topological polar surface area (TPSA) is 47.9 Å². The van der Waals surface area contributed by atoms with Gasteiger partial charge in [-0.3, -0.25) is 0 Å². The third-order valence-corrected chi connectivity index (χ3v) is 3.98. The molecule has 1 aliphatic rings. The highest BCUT2D eigenvalue weighted by molar-refractivity contribution is 5.13. The van der Waals surface area contributed by atoms with Crippen molar-refractivity contribution in [1.82, 2.24) is 0 Å². The van der Waals surface area contributed by atoms with Crippen LogP contribution in [0.3, 0.4) is 0 Å². The van der Waals surface area contributed by atoms with Crippen LogP contribution in [0.4, 0.5) is 0 Å². The van der Waals surface area contributed by atoms with Gasteiger partial charge in [-0.2, -0.15) is 0 Å². The predicted octanol–water partition coefficient (Wildman–Crippen LogP) is 3.13. The Labute approximate surface area is 133 Å². The van der Waals surface area contributed by atoms with Crippen molar-refractivity contribution in [2.24, 2.45) is 5.92 Å². The van der Waals surface area contributed by atoms with Crippen LogP contribution in [0.15, 0.2) is 30.3 Å². The summed E-state index contributed by atoms with van der Waals surface area (Å²) >= 11 is 0. The first-order valence-corrected chi connectivity index (χ1v) is 7.94. The molecule has 0 aliphatic carbocycles. The Balaban J connectivity index is 1.75. The van der Waals surface area contributed by atoms with E-state index >= 15 is 0 Å². The van der Waals surface area contributed by atoms with E-state index in [1.807, 2.05) is 51.1 Å². The standard InChI is InChI=1S/C18H28O4/c1-14(11-20-12-15-8-6-5-7-9-15)10-18(4,19)16-13-21-17(2,3)22-16/h5-9,14,16,19H,10-13H2,1-4H3. The molecule has 0 radical (unpaired) electrons. The molecule has 4 nitrogen and oxygen atoms in total. The Morgan fingerprint density at radius 2 is 2.05 bits per heavy atom. The van der Waals surface area contributed by atoms with Crippen LogP contribution < -0.4 is 0 Å². The Morgan fingerprint density at radius 1 is 1.36 bits per heavy atom. The molecule has 0 saturated carbocycles. The van der Waals surface area contributed by atoms with E-state index in [4.69, 9.17) is 14.2 Å². The second-order valence-electron chi connectivity index (χ2n) is 6.98. The summed E-state index contributed by atoms with van der Waals surface area (Å²) in [5.74, 6) is -0.368. The van der Waals surface area contributed by atoms with Crippen LogP contribution in [0.5, 0.6) is 0 Å². The van der Waals surface area contributed by atoms with E-state index in [1.165, 1.54) is 0 Å². The van der Waals surface area contributed by atoms with Crippen LogP contribution in [0.1, 0.15) is 39.7 Å². The lowest BCUT2D eigenvalue weighted by Crippen LogP contribution is -2.43.